The average Bonchev–Trinajstić information content (AvgIpc) is 2.64. The van der Waals surface area contributed by atoms with Crippen LogP contribution in [0.3, 0.4) is 0 Å². The molecular weight excluding hydrogens is 230 g/mol. The Bertz CT molecular complexity index is 654. The predicted molar refractivity (Wildman–Crippen MR) is 65.8 cm³/mol. The average molecular weight is 243 g/mol. The Labute approximate surface area is 104 Å². The van der Waals surface area contributed by atoms with Gasteiger partial charge in [-0.2, -0.15) is 0 Å². The number of carbonyl (C=O) groups is 2. The summed E-state index contributed by atoms with van der Waals surface area (Å²) in [7, 11) is 0. The summed E-state index contributed by atoms with van der Waals surface area (Å²) in [4.78, 5) is 22.6. The zero-order chi connectivity index (χ0) is 12.7. The molecule has 0 atom stereocenters. The summed E-state index contributed by atoms with van der Waals surface area (Å²) < 4.78 is 1.96. The Balaban J connectivity index is 2.27. The highest BCUT2D eigenvalue weighted by atomic mass is 16.4. The number of ketones is 1. The first-order chi connectivity index (χ1) is 8.66. The van der Waals surface area contributed by atoms with Gasteiger partial charge < -0.3 is 9.51 Å². The van der Waals surface area contributed by atoms with Crippen molar-refractivity contribution in [2.24, 2.45) is 0 Å². The third-order valence-electron chi connectivity index (χ3n) is 3.52. The van der Waals surface area contributed by atoms with Gasteiger partial charge in [-0.25, -0.2) is 0 Å². The van der Waals surface area contributed by atoms with Gasteiger partial charge in [-0.1, -0.05) is 6.07 Å². The maximum atomic E-state index is 11.6. The van der Waals surface area contributed by atoms with Gasteiger partial charge in [-0.15, -0.1) is 0 Å². The Morgan fingerprint density at radius 1 is 1.33 bits per heavy atom. The molecule has 0 spiro atoms. The molecule has 0 fully saturated rings. The van der Waals surface area contributed by atoms with Gasteiger partial charge in [0.15, 0.2) is 0 Å². The molecular formula is C14H13NO3. The van der Waals surface area contributed by atoms with Gasteiger partial charge in [0.2, 0.25) is 0 Å². The smallest absolute Gasteiger partial charge is 0.307 e. The van der Waals surface area contributed by atoms with Crippen LogP contribution in [0, 0.1) is 0 Å². The maximum Gasteiger partial charge on any atom is 0.307 e. The molecule has 4 nitrogen and oxygen atoms in total. The fourth-order valence-corrected chi connectivity index (χ4v) is 2.77. The van der Waals surface area contributed by atoms with E-state index in [-0.39, 0.29) is 12.2 Å². The minimum Gasteiger partial charge on any atom is -0.481 e. The van der Waals surface area contributed by atoms with Crippen LogP contribution >= 0.6 is 0 Å². The minimum atomic E-state index is -0.828. The van der Waals surface area contributed by atoms with Crippen LogP contribution in [0.5, 0.6) is 0 Å². The van der Waals surface area contributed by atoms with Crippen LogP contribution in [0.15, 0.2) is 24.4 Å². The normalized spacial score (nSPS) is 14.8. The van der Waals surface area contributed by atoms with Gasteiger partial charge in [-0.05, 0) is 29.7 Å². The molecule has 4 heteroatoms. The van der Waals surface area contributed by atoms with Gasteiger partial charge in [0, 0.05) is 30.2 Å². The summed E-state index contributed by atoms with van der Waals surface area (Å²) in [6.45, 7) is 0. The molecule has 18 heavy (non-hydrogen) atoms. The van der Waals surface area contributed by atoms with Crippen LogP contribution in [0.4, 0.5) is 0 Å². The van der Waals surface area contributed by atoms with E-state index in [4.69, 9.17) is 5.11 Å². The second-order valence-corrected chi connectivity index (χ2v) is 4.65. The molecule has 0 saturated heterocycles. The summed E-state index contributed by atoms with van der Waals surface area (Å²) in [5, 5.41) is 9.02. The first-order valence-electron chi connectivity index (χ1n) is 6.00. The highest BCUT2D eigenvalue weighted by Gasteiger charge is 2.25. The van der Waals surface area contributed by atoms with E-state index in [9.17, 15) is 9.59 Å². The van der Waals surface area contributed by atoms with E-state index < -0.39 is 5.97 Å². The molecule has 0 amide bonds. The minimum absolute atomic E-state index is 0.0248. The lowest BCUT2D eigenvalue weighted by Crippen LogP contribution is -2.15. The van der Waals surface area contributed by atoms with E-state index in [1.807, 2.05) is 28.8 Å². The number of fused-ring (bicyclic) bond motifs is 3. The number of rotatable bonds is 2. The molecule has 1 N–H and O–H groups in total. The molecule has 0 aliphatic heterocycles. The Hall–Kier alpha value is -2.10. The third-order valence-corrected chi connectivity index (χ3v) is 3.52. The molecule has 0 bridgehead atoms. The number of carboxylic acids is 1. The van der Waals surface area contributed by atoms with Crippen LogP contribution in [0.2, 0.25) is 0 Å². The lowest BCUT2D eigenvalue weighted by atomic mass is 9.93. The number of aromatic nitrogens is 1. The molecule has 0 aromatic carbocycles. The molecule has 92 valence electrons. The number of carboxylic acid groups (broad SMARTS) is 1. The lowest BCUT2D eigenvalue weighted by Gasteiger charge is -2.12. The van der Waals surface area contributed by atoms with E-state index >= 15 is 0 Å². The Kier molecular flexibility index (Phi) is 2.44. The lowest BCUT2D eigenvalue weighted by molar-refractivity contribution is -0.136. The molecule has 3 rings (SSSR count). The summed E-state index contributed by atoms with van der Waals surface area (Å²) >= 11 is 0. The number of aliphatic carboxylic acids is 1. The molecule has 1 aliphatic carbocycles. The second-order valence-electron chi connectivity index (χ2n) is 4.65. The van der Waals surface area contributed by atoms with Crippen LogP contribution in [-0.2, 0) is 28.9 Å². The van der Waals surface area contributed by atoms with E-state index in [0.717, 1.165) is 22.3 Å². The molecule has 1 aliphatic rings. The number of hydrogen-bond donors (Lipinski definition) is 1. The third kappa shape index (κ3) is 1.61. The monoisotopic (exact) mass is 243 g/mol. The molecule has 2 aromatic heterocycles. The zero-order valence-corrected chi connectivity index (χ0v) is 9.85. The van der Waals surface area contributed by atoms with Crippen molar-refractivity contribution in [3.05, 3.63) is 41.2 Å². The second kappa shape index (κ2) is 3.98. The van der Waals surface area contributed by atoms with Crippen molar-refractivity contribution in [2.45, 2.75) is 25.7 Å². The van der Waals surface area contributed by atoms with Crippen molar-refractivity contribution in [3.8, 4) is 0 Å². The first kappa shape index (κ1) is 11.0. The van der Waals surface area contributed by atoms with Crippen molar-refractivity contribution in [3.63, 3.8) is 0 Å². The number of hydrogen-bond acceptors (Lipinski definition) is 2. The molecule has 0 unspecified atom stereocenters. The van der Waals surface area contributed by atoms with E-state index in [1.54, 1.807) is 0 Å². The largest absolute Gasteiger partial charge is 0.481 e. The summed E-state index contributed by atoms with van der Waals surface area (Å²) in [6, 6.07) is 5.71. The number of pyridine rings is 1. The van der Waals surface area contributed by atoms with Crippen LogP contribution in [0.1, 0.15) is 23.2 Å². The fourth-order valence-electron chi connectivity index (χ4n) is 2.77. The van der Waals surface area contributed by atoms with Crippen LogP contribution in [0.25, 0.3) is 5.52 Å². The quantitative estimate of drug-likeness (QED) is 0.872. The van der Waals surface area contributed by atoms with Gasteiger partial charge in [0.1, 0.15) is 5.78 Å². The van der Waals surface area contributed by atoms with Gasteiger partial charge >= 0.3 is 5.97 Å². The van der Waals surface area contributed by atoms with Crippen LogP contribution < -0.4 is 0 Å². The number of carbonyl (C=O) groups excluding carboxylic acids is 1. The standard InChI is InChI=1S/C14H13NO3/c16-9-4-5-10-11(8-14(17)18)12-3-1-2-6-15(12)13(10)7-9/h1-3,6H,4-5,7-8H2,(H,17,18). The van der Waals surface area contributed by atoms with Crippen molar-refractivity contribution >= 4 is 17.3 Å². The van der Waals surface area contributed by atoms with E-state index in [0.29, 0.717) is 19.3 Å². The van der Waals surface area contributed by atoms with Gasteiger partial charge in [-0.3, -0.25) is 9.59 Å². The first-order valence-corrected chi connectivity index (χ1v) is 6.00. The number of nitrogens with zero attached hydrogens (tertiary/aromatic N) is 1. The summed E-state index contributed by atoms with van der Waals surface area (Å²) in [5.41, 5.74) is 3.81. The van der Waals surface area contributed by atoms with Gasteiger partial charge in [0.25, 0.3) is 0 Å². The highest BCUT2D eigenvalue weighted by molar-refractivity contribution is 5.85. The maximum absolute atomic E-state index is 11.6. The predicted octanol–water partition coefficient (Wildman–Crippen LogP) is 1.62. The van der Waals surface area contributed by atoms with E-state index in [2.05, 4.69) is 0 Å². The zero-order valence-electron chi connectivity index (χ0n) is 9.85. The number of Topliss-reactive ketones (excluding diaryl/α,β-unsaturated/α-hetero) is 1. The van der Waals surface area contributed by atoms with Crippen molar-refractivity contribution in [2.75, 3.05) is 0 Å². The van der Waals surface area contributed by atoms with Crippen molar-refractivity contribution in [1.29, 1.82) is 0 Å². The molecule has 2 heterocycles. The topological polar surface area (TPSA) is 58.8 Å². The van der Waals surface area contributed by atoms with Crippen molar-refractivity contribution < 1.29 is 14.7 Å². The highest BCUT2D eigenvalue weighted by Crippen LogP contribution is 2.29. The van der Waals surface area contributed by atoms with Crippen LogP contribution in [-0.4, -0.2) is 21.3 Å². The Morgan fingerprint density at radius 3 is 2.94 bits per heavy atom. The Morgan fingerprint density at radius 2 is 2.17 bits per heavy atom. The van der Waals surface area contributed by atoms with E-state index in [1.165, 1.54) is 0 Å². The van der Waals surface area contributed by atoms with Crippen molar-refractivity contribution in [1.82, 2.24) is 4.40 Å². The fraction of sp³-hybridized carbons (Fsp3) is 0.286. The molecule has 2 aromatic rings. The summed E-state index contributed by atoms with van der Waals surface area (Å²) in [6.07, 6.45) is 3.53. The molecule has 0 radical (unpaired) electrons. The SMILES string of the molecule is O=C(O)Cc1c2c(n3ccccc13)CC(=O)CC2. The summed E-state index contributed by atoms with van der Waals surface area (Å²) in [5.74, 6) is -0.598. The molecule has 0 saturated carbocycles. The van der Waals surface area contributed by atoms with Gasteiger partial charge in [0.05, 0.1) is 6.42 Å².